The Kier molecular flexibility index (Phi) is 4.19. The Bertz CT molecular complexity index is 1030. The number of nitrogens with one attached hydrogen (secondary N) is 2. The second-order valence-electron chi connectivity index (χ2n) is 7.84. The number of aryl methyl sites for hydroxylation is 3. The van der Waals surface area contributed by atoms with Crippen LogP contribution in [0.5, 0.6) is 0 Å². The van der Waals surface area contributed by atoms with Crippen LogP contribution in [0.1, 0.15) is 63.6 Å². The minimum Gasteiger partial charge on any atom is -0.346 e. The Balaban J connectivity index is 1.34. The van der Waals surface area contributed by atoms with Crippen molar-refractivity contribution in [2.24, 2.45) is 0 Å². The van der Waals surface area contributed by atoms with E-state index in [0.29, 0.717) is 18.0 Å². The van der Waals surface area contributed by atoms with Crippen molar-refractivity contribution in [1.82, 2.24) is 25.5 Å². The number of aromatic nitrogens is 4. The van der Waals surface area contributed by atoms with Crippen LogP contribution in [0.15, 0.2) is 30.7 Å². The molecule has 1 aromatic carbocycles. The van der Waals surface area contributed by atoms with Gasteiger partial charge in [0, 0.05) is 23.2 Å². The molecular formula is C22H23N5O. The van der Waals surface area contributed by atoms with E-state index in [1.54, 1.807) is 6.20 Å². The number of amides is 1. The number of carbonyl (C=O) groups is 1. The van der Waals surface area contributed by atoms with Gasteiger partial charge < -0.3 is 5.32 Å². The molecule has 2 aliphatic rings. The quantitative estimate of drug-likeness (QED) is 0.733. The lowest BCUT2D eigenvalue weighted by atomic mass is 9.94. The molecule has 0 saturated heterocycles. The first-order chi connectivity index (χ1) is 13.7. The zero-order valence-electron chi connectivity index (χ0n) is 16.0. The molecule has 2 aliphatic carbocycles. The molecule has 5 rings (SSSR count). The van der Waals surface area contributed by atoms with Crippen LogP contribution >= 0.6 is 0 Å². The fourth-order valence-corrected chi connectivity index (χ4v) is 4.05. The van der Waals surface area contributed by atoms with Gasteiger partial charge in [-0.1, -0.05) is 0 Å². The first-order valence-corrected chi connectivity index (χ1v) is 9.94. The van der Waals surface area contributed by atoms with Gasteiger partial charge in [0.2, 0.25) is 0 Å². The van der Waals surface area contributed by atoms with E-state index in [2.05, 4.69) is 32.4 Å². The normalized spacial score (nSPS) is 15.5. The zero-order chi connectivity index (χ0) is 19.1. The summed E-state index contributed by atoms with van der Waals surface area (Å²) in [7, 11) is 0. The summed E-state index contributed by atoms with van der Waals surface area (Å²) in [5.41, 5.74) is 8.41. The number of aromatic amines is 1. The van der Waals surface area contributed by atoms with Crippen LogP contribution in [0, 0.1) is 6.92 Å². The Hall–Kier alpha value is -3.02. The van der Waals surface area contributed by atoms with Crippen LogP contribution in [0.25, 0.3) is 11.3 Å². The van der Waals surface area contributed by atoms with Crippen LogP contribution in [0.2, 0.25) is 0 Å². The van der Waals surface area contributed by atoms with E-state index < -0.39 is 0 Å². The van der Waals surface area contributed by atoms with Gasteiger partial charge in [-0.3, -0.25) is 19.9 Å². The lowest BCUT2D eigenvalue weighted by molar-refractivity contribution is 0.0950. The highest BCUT2D eigenvalue weighted by Gasteiger charge is 2.25. The molecule has 0 aliphatic heterocycles. The molecule has 1 amide bonds. The summed E-state index contributed by atoms with van der Waals surface area (Å²) in [6, 6.07) is 3.99. The van der Waals surface area contributed by atoms with E-state index in [1.807, 2.05) is 24.5 Å². The monoisotopic (exact) mass is 373 g/mol. The molecular weight excluding hydrogens is 350 g/mol. The van der Waals surface area contributed by atoms with Crippen LogP contribution < -0.4 is 5.32 Å². The third kappa shape index (κ3) is 3.19. The summed E-state index contributed by atoms with van der Waals surface area (Å²) >= 11 is 0. The molecule has 2 aromatic heterocycles. The molecule has 2 N–H and O–H groups in total. The fraction of sp³-hybridized carbons (Fsp3) is 0.364. The average molecular weight is 373 g/mol. The highest BCUT2D eigenvalue weighted by Crippen LogP contribution is 2.38. The lowest BCUT2D eigenvalue weighted by Gasteiger charge is -2.13. The first kappa shape index (κ1) is 17.1. The van der Waals surface area contributed by atoms with Gasteiger partial charge in [0.25, 0.3) is 5.91 Å². The van der Waals surface area contributed by atoms with Gasteiger partial charge in [0.15, 0.2) is 0 Å². The third-order valence-electron chi connectivity index (χ3n) is 5.69. The highest BCUT2D eigenvalue weighted by atomic mass is 16.1. The maximum atomic E-state index is 12.7. The number of hydrogen-bond acceptors (Lipinski definition) is 4. The van der Waals surface area contributed by atoms with Crippen molar-refractivity contribution in [2.75, 3.05) is 0 Å². The Morgan fingerprint density at radius 1 is 1.14 bits per heavy atom. The van der Waals surface area contributed by atoms with Gasteiger partial charge in [0.05, 0.1) is 36.0 Å². The molecule has 28 heavy (non-hydrogen) atoms. The molecule has 142 valence electrons. The second kappa shape index (κ2) is 6.86. The molecule has 2 heterocycles. The molecule has 0 unspecified atom stereocenters. The predicted molar refractivity (Wildman–Crippen MR) is 106 cm³/mol. The van der Waals surface area contributed by atoms with Crippen molar-refractivity contribution in [1.29, 1.82) is 0 Å². The van der Waals surface area contributed by atoms with Gasteiger partial charge in [-0.05, 0) is 67.9 Å². The molecule has 0 bridgehead atoms. The van der Waals surface area contributed by atoms with Gasteiger partial charge >= 0.3 is 0 Å². The van der Waals surface area contributed by atoms with Crippen LogP contribution in [0.4, 0.5) is 0 Å². The van der Waals surface area contributed by atoms with Gasteiger partial charge in [-0.25, -0.2) is 0 Å². The molecule has 3 aromatic rings. The largest absolute Gasteiger partial charge is 0.346 e. The van der Waals surface area contributed by atoms with E-state index in [9.17, 15) is 4.79 Å². The highest BCUT2D eigenvalue weighted by molar-refractivity contribution is 5.95. The van der Waals surface area contributed by atoms with Crippen LogP contribution in [-0.2, 0) is 19.4 Å². The molecule has 1 fully saturated rings. The molecule has 0 spiro atoms. The van der Waals surface area contributed by atoms with Crippen molar-refractivity contribution in [3.05, 3.63) is 64.4 Å². The SMILES string of the molecule is Cc1cc(C(=O)NCc2cnc(C3CC3)cn2)cc2c1-c1[nH]ncc1CCC2. The third-order valence-corrected chi connectivity index (χ3v) is 5.69. The summed E-state index contributed by atoms with van der Waals surface area (Å²) in [5.74, 6) is 0.516. The number of hydrogen-bond donors (Lipinski definition) is 2. The zero-order valence-corrected chi connectivity index (χ0v) is 16.0. The summed E-state index contributed by atoms with van der Waals surface area (Å²) < 4.78 is 0. The van der Waals surface area contributed by atoms with E-state index in [4.69, 9.17) is 0 Å². The predicted octanol–water partition coefficient (Wildman–Crippen LogP) is 3.47. The Morgan fingerprint density at radius 3 is 2.79 bits per heavy atom. The summed E-state index contributed by atoms with van der Waals surface area (Å²) in [6.45, 7) is 2.45. The number of fused-ring (bicyclic) bond motifs is 3. The molecule has 0 radical (unpaired) electrons. The number of nitrogens with zero attached hydrogens (tertiary/aromatic N) is 3. The summed E-state index contributed by atoms with van der Waals surface area (Å²) in [6.07, 6.45) is 11.0. The summed E-state index contributed by atoms with van der Waals surface area (Å²) in [4.78, 5) is 21.6. The maximum absolute atomic E-state index is 12.7. The number of H-pyrrole nitrogens is 1. The number of rotatable bonds is 4. The molecule has 1 saturated carbocycles. The Morgan fingerprint density at radius 2 is 2.00 bits per heavy atom. The van der Waals surface area contributed by atoms with Crippen LogP contribution in [-0.4, -0.2) is 26.1 Å². The van der Waals surface area contributed by atoms with E-state index >= 15 is 0 Å². The lowest BCUT2D eigenvalue weighted by Crippen LogP contribution is -2.24. The minimum atomic E-state index is -0.0759. The first-order valence-electron chi connectivity index (χ1n) is 9.94. The maximum Gasteiger partial charge on any atom is 0.251 e. The van der Waals surface area contributed by atoms with Gasteiger partial charge in [-0.2, -0.15) is 5.10 Å². The number of carbonyl (C=O) groups excluding carboxylic acids is 1. The average Bonchev–Trinajstić information content (AvgIpc) is 3.49. The van der Waals surface area contributed by atoms with Gasteiger partial charge in [0.1, 0.15) is 0 Å². The molecule has 6 heteroatoms. The van der Waals surface area contributed by atoms with Crippen molar-refractivity contribution in [3.63, 3.8) is 0 Å². The molecule has 0 atom stereocenters. The summed E-state index contributed by atoms with van der Waals surface area (Å²) in [5, 5.41) is 10.3. The van der Waals surface area contributed by atoms with Crippen LogP contribution in [0.3, 0.4) is 0 Å². The topological polar surface area (TPSA) is 83.6 Å². The minimum absolute atomic E-state index is 0.0759. The van der Waals surface area contributed by atoms with Crippen molar-refractivity contribution in [3.8, 4) is 11.3 Å². The van der Waals surface area contributed by atoms with Gasteiger partial charge in [-0.15, -0.1) is 0 Å². The van der Waals surface area contributed by atoms with E-state index in [1.165, 1.54) is 29.5 Å². The smallest absolute Gasteiger partial charge is 0.251 e. The fourth-order valence-electron chi connectivity index (χ4n) is 4.05. The van der Waals surface area contributed by atoms with Crippen molar-refractivity contribution in [2.45, 2.75) is 51.5 Å². The van der Waals surface area contributed by atoms with Crippen molar-refractivity contribution < 1.29 is 4.79 Å². The molecule has 6 nitrogen and oxygen atoms in total. The Labute approximate surface area is 163 Å². The standard InChI is InChI=1S/C22H23N5O/c1-13-7-17(8-15-3-2-4-16-9-26-27-21(16)20(13)15)22(28)25-11-18-10-24-19(12-23-18)14-5-6-14/h7-10,12,14H,2-6,11H2,1H3,(H,25,28)(H,26,27). The van der Waals surface area contributed by atoms with E-state index in [-0.39, 0.29) is 5.91 Å². The number of benzene rings is 1. The van der Waals surface area contributed by atoms with Crippen molar-refractivity contribution >= 4 is 5.91 Å². The second-order valence-corrected chi connectivity index (χ2v) is 7.84. The van der Waals surface area contributed by atoms with E-state index in [0.717, 1.165) is 41.9 Å².